The Morgan fingerprint density at radius 3 is 2.52 bits per heavy atom. The van der Waals surface area contributed by atoms with E-state index in [1.165, 1.54) is 5.56 Å². The van der Waals surface area contributed by atoms with Crippen LogP contribution in [0.1, 0.15) is 74.2 Å². The Morgan fingerprint density at radius 2 is 1.80 bits per heavy atom. The second-order valence-electron chi connectivity index (χ2n) is 14.7. The fourth-order valence-corrected chi connectivity index (χ4v) is 7.97. The second-order valence-corrected chi connectivity index (χ2v) is 16.0. The number of aryl methyl sites for hydroxylation is 3. The fourth-order valence-electron chi connectivity index (χ4n) is 7.39. The lowest BCUT2D eigenvalue weighted by Gasteiger charge is -2.44. The molecule has 0 saturated carbocycles. The number of halogens is 2. The maximum Gasteiger partial charge on any atom is 0.410 e. The van der Waals surface area contributed by atoms with Gasteiger partial charge in [0.25, 0.3) is 0 Å². The molecule has 6 rings (SSSR count). The van der Waals surface area contributed by atoms with Crippen molar-refractivity contribution in [2.24, 2.45) is 5.92 Å². The zero-order valence-corrected chi connectivity index (χ0v) is 31.7. The van der Waals surface area contributed by atoms with Gasteiger partial charge < -0.3 is 24.4 Å². The molecule has 1 unspecified atom stereocenters. The lowest BCUT2D eigenvalue weighted by Crippen LogP contribution is -2.61. The monoisotopic (exact) mass is 767 g/mol. The second kappa shape index (κ2) is 15.4. The van der Waals surface area contributed by atoms with Crippen molar-refractivity contribution in [3.05, 3.63) is 80.6 Å². The van der Waals surface area contributed by atoms with E-state index in [1.54, 1.807) is 22.3 Å². The Morgan fingerprint density at radius 1 is 1.04 bits per heavy atom. The molecular formula is C37H47BrClN7O4. The molecular weight excluding hydrogens is 722 g/mol. The molecule has 13 heteroatoms. The number of rotatable bonds is 7. The van der Waals surface area contributed by atoms with Gasteiger partial charge in [0.2, 0.25) is 11.8 Å². The number of piperazine rings is 1. The molecule has 1 aromatic carbocycles. The molecule has 0 spiro atoms. The first kappa shape index (κ1) is 36.3. The zero-order chi connectivity index (χ0) is 35.6. The van der Waals surface area contributed by atoms with E-state index in [0.29, 0.717) is 70.1 Å². The van der Waals surface area contributed by atoms with E-state index >= 15 is 0 Å². The highest BCUT2D eigenvalue weighted by molar-refractivity contribution is 9.10. The minimum absolute atomic E-state index is 0.0264. The number of aromatic nitrogens is 3. The van der Waals surface area contributed by atoms with Crippen LogP contribution >= 0.6 is 27.5 Å². The van der Waals surface area contributed by atoms with Crippen molar-refractivity contribution in [3.63, 3.8) is 0 Å². The minimum atomic E-state index is -0.681. The number of hydrogen-bond donors (Lipinski definition) is 1. The van der Waals surface area contributed by atoms with Crippen LogP contribution in [0.25, 0.3) is 0 Å². The number of carbonyl (C=O) groups excluding carboxylic acids is 3. The van der Waals surface area contributed by atoms with Crippen LogP contribution in [0, 0.1) is 12.8 Å². The van der Waals surface area contributed by atoms with Gasteiger partial charge in [0.15, 0.2) is 0 Å². The summed E-state index contributed by atoms with van der Waals surface area (Å²) in [6, 6.07) is 7.32. The average Bonchev–Trinajstić information content (AvgIpc) is 3.41. The van der Waals surface area contributed by atoms with Gasteiger partial charge in [-0.05, 0) is 110 Å². The molecule has 2 saturated heterocycles. The number of piperidine rings is 1. The number of nitrogens with one attached hydrogen (secondary N) is 1. The summed E-state index contributed by atoms with van der Waals surface area (Å²) in [6.45, 7) is 11.0. The van der Waals surface area contributed by atoms with Crippen LogP contribution in [-0.2, 0) is 33.7 Å². The summed E-state index contributed by atoms with van der Waals surface area (Å²) in [4.78, 5) is 55.7. The minimum Gasteiger partial charge on any atom is -0.444 e. The highest BCUT2D eigenvalue weighted by atomic mass is 79.9. The Hall–Kier alpha value is -3.48. The Labute approximate surface area is 307 Å². The summed E-state index contributed by atoms with van der Waals surface area (Å²) >= 11 is 10.1. The third kappa shape index (κ3) is 8.51. The largest absolute Gasteiger partial charge is 0.444 e. The molecule has 50 heavy (non-hydrogen) atoms. The molecule has 3 amide bonds. The number of fused-ring (bicyclic) bond motifs is 2. The number of benzene rings is 1. The molecule has 3 aromatic rings. The van der Waals surface area contributed by atoms with Crippen LogP contribution in [0.15, 0.2) is 47.5 Å². The van der Waals surface area contributed by atoms with E-state index in [2.05, 4.69) is 43.3 Å². The Balaban J connectivity index is 1.21. The number of amides is 3. The first-order chi connectivity index (χ1) is 23.9. The smallest absolute Gasteiger partial charge is 0.410 e. The molecule has 268 valence electrons. The lowest BCUT2D eigenvalue weighted by molar-refractivity contribution is -0.145. The van der Waals surface area contributed by atoms with Gasteiger partial charge in [-0.25, -0.2) is 9.78 Å². The van der Waals surface area contributed by atoms with Crippen LogP contribution in [0.3, 0.4) is 0 Å². The van der Waals surface area contributed by atoms with Crippen molar-refractivity contribution in [1.29, 1.82) is 0 Å². The summed E-state index contributed by atoms with van der Waals surface area (Å²) in [5.74, 6) is -0.0730. The fraction of sp³-hybridized carbons (Fsp3) is 0.541. The SMILES string of the molecule is Cc1cncn1CCNC(=O)[C@H]1CN(C2c3ccc(Cl)cc3CCc3cc(Br)cnc32)CCN1C(=O)CC1CCN(C(=O)OC(C)(C)C)CC1. The van der Waals surface area contributed by atoms with Gasteiger partial charge in [-0.1, -0.05) is 17.7 Å². The Bertz CT molecular complexity index is 1660. The third-order valence-corrected chi connectivity index (χ3v) is 10.7. The van der Waals surface area contributed by atoms with E-state index in [9.17, 15) is 14.4 Å². The van der Waals surface area contributed by atoms with E-state index < -0.39 is 11.6 Å². The van der Waals surface area contributed by atoms with Gasteiger partial charge in [0.05, 0.1) is 18.1 Å². The molecule has 3 aliphatic rings. The van der Waals surface area contributed by atoms with Gasteiger partial charge in [-0.2, -0.15) is 0 Å². The molecule has 2 aromatic heterocycles. The number of likely N-dealkylation sites (tertiary alicyclic amines) is 1. The highest BCUT2D eigenvalue weighted by Gasteiger charge is 2.41. The normalized spacial score (nSPS) is 20.1. The third-order valence-electron chi connectivity index (χ3n) is 9.99. The van der Waals surface area contributed by atoms with Crippen LogP contribution in [0.2, 0.25) is 5.02 Å². The molecule has 2 fully saturated rings. The van der Waals surface area contributed by atoms with E-state index in [0.717, 1.165) is 39.8 Å². The Kier molecular flexibility index (Phi) is 11.2. The lowest BCUT2D eigenvalue weighted by atomic mass is 9.92. The standard InChI is InChI=1S/C37H47BrClN7O4/c1-24-20-40-23-45(24)14-11-41-35(48)31-22-44(34-30-8-7-29(39)19-26(30)5-6-27-18-28(38)21-42-33(27)34)15-16-46(31)32(47)17-25-9-12-43(13-10-25)36(49)50-37(2,3)4/h7-8,18-21,23,25,31,34H,5-6,9-17,22H2,1-4H3,(H,41,48)/t31-,34?/m1/s1. The van der Waals surface area contributed by atoms with Crippen molar-refractivity contribution in [2.45, 2.75) is 84.0 Å². The van der Waals surface area contributed by atoms with Gasteiger partial charge >= 0.3 is 6.09 Å². The van der Waals surface area contributed by atoms with E-state index in [-0.39, 0.29) is 29.9 Å². The zero-order valence-electron chi connectivity index (χ0n) is 29.3. The van der Waals surface area contributed by atoms with Gasteiger partial charge in [0, 0.05) is 79.8 Å². The number of nitrogens with zero attached hydrogens (tertiary/aromatic N) is 6. The molecule has 0 radical (unpaired) electrons. The van der Waals surface area contributed by atoms with Crippen LogP contribution in [0.4, 0.5) is 4.79 Å². The van der Waals surface area contributed by atoms with Crippen molar-refractivity contribution < 1.29 is 19.1 Å². The summed E-state index contributed by atoms with van der Waals surface area (Å²) in [7, 11) is 0. The molecule has 2 atom stereocenters. The summed E-state index contributed by atoms with van der Waals surface area (Å²) < 4.78 is 8.48. The summed E-state index contributed by atoms with van der Waals surface area (Å²) in [5.41, 5.74) is 4.90. The summed E-state index contributed by atoms with van der Waals surface area (Å²) in [5, 5.41) is 3.82. The van der Waals surface area contributed by atoms with Crippen LogP contribution in [-0.4, -0.2) is 98.1 Å². The predicted octanol–water partition coefficient (Wildman–Crippen LogP) is 5.56. The quantitative estimate of drug-likeness (QED) is 0.335. The van der Waals surface area contributed by atoms with Crippen LogP contribution < -0.4 is 5.32 Å². The first-order valence-corrected chi connectivity index (χ1v) is 18.7. The predicted molar refractivity (Wildman–Crippen MR) is 195 cm³/mol. The maximum atomic E-state index is 14.1. The van der Waals surface area contributed by atoms with Crippen molar-refractivity contribution in [2.75, 3.05) is 39.3 Å². The van der Waals surface area contributed by atoms with Gasteiger partial charge in [0.1, 0.15) is 11.6 Å². The first-order valence-electron chi connectivity index (χ1n) is 17.5. The van der Waals surface area contributed by atoms with Crippen LogP contribution in [0.5, 0.6) is 0 Å². The molecule has 0 bridgehead atoms. The number of hydrogen-bond acceptors (Lipinski definition) is 7. The molecule has 1 aliphatic carbocycles. The molecule has 4 heterocycles. The molecule has 1 N–H and O–H groups in total. The number of carbonyl (C=O) groups is 3. The maximum absolute atomic E-state index is 14.1. The highest BCUT2D eigenvalue weighted by Crippen LogP contribution is 2.39. The topological polar surface area (TPSA) is 113 Å². The van der Waals surface area contributed by atoms with Crippen molar-refractivity contribution in [3.8, 4) is 0 Å². The summed E-state index contributed by atoms with van der Waals surface area (Å²) in [6.07, 6.45) is 8.50. The number of imidazole rings is 1. The van der Waals surface area contributed by atoms with Crippen molar-refractivity contribution >= 4 is 45.4 Å². The molecule has 11 nitrogen and oxygen atoms in total. The molecule has 2 aliphatic heterocycles. The van der Waals surface area contributed by atoms with E-state index in [1.807, 2.05) is 50.6 Å². The van der Waals surface area contributed by atoms with E-state index in [4.69, 9.17) is 21.3 Å². The van der Waals surface area contributed by atoms with Gasteiger partial charge in [-0.3, -0.25) is 19.5 Å². The van der Waals surface area contributed by atoms with Gasteiger partial charge in [-0.15, -0.1) is 0 Å². The number of ether oxygens (including phenoxy) is 1. The van der Waals surface area contributed by atoms with Crippen molar-refractivity contribution in [1.82, 2.24) is 34.6 Å². The average molecular weight is 769 g/mol. The number of pyridine rings is 1.